The maximum atomic E-state index is 13.4. The van der Waals surface area contributed by atoms with Crippen molar-refractivity contribution < 1.29 is 14.2 Å². The van der Waals surface area contributed by atoms with Crippen molar-refractivity contribution in [2.24, 2.45) is 0 Å². The molecule has 0 amide bonds. The van der Waals surface area contributed by atoms with Crippen molar-refractivity contribution in [3.63, 3.8) is 0 Å². The third kappa shape index (κ3) is 4.29. The molecular weight excluding hydrogens is 338 g/mol. The fourth-order valence-corrected chi connectivity index (χ4v) is 1.95. The summed E-state index contributed by atoms with van der Waals surface area (Å²) in [5.74, 6) is -0.317. The normalized spacial score (nSPS) is 12.5. The van der Waals surface area contributed by atoms with Gasteiger partial charge in [-0.1, -0.05) is 0 Å². The van der Waals surface area contributed by atoms with E-state index < -0.39 is 0 Å². The third-order valence-corrected chi connectivity index (χ3v) is 3.12. The van der Waals surface area contributed by atoms with E-state index in [0.717, 1.165) is 0 Å². The van der Waals surface area contributed by atoms with E-state index in [-0.39, 0.29) is 18.5 Å². The summed E-state index contributed by atoms with van der Waals surface area (Å²) in [5.41, 5.74) is 6.80. The number of anilines is 2. The molecule has 96 valence electrons. The van der Waals surface area contributed by atoms with Gasteiger partial charge in [0.05, 0.1) is 27.6 Å². The van der Waals surface area contributed by atoms with Gasteiger partial charge >= 0.3 is 0 Å². The van der Waals surface area contributed by atoms with Crippen LogP contribution in [0.25, 0.3) is 0 Å². The minimum Gasteiger partial charge on any atom is -0.397 e. The summed E-state index contributed by atoms with van der Waals surface area (Å²) in [5, 5.41) is 12.0. The Bertz CT molecular complexity index is 371. The molecule has 0 aliphatic rings. The van der Waals surface area contributed by atoms with E-state index >= 15 is 0 Å². The molecule has 0 saturated carbocycles. The van der Waals surface area contributed by atoms with Crippen LogP contribution in [0.5, 0.6) is 0 Å². The maximum Gasteiger partial charge on any atom is 0.138 e. The van der Waals surface area contributed by atoms with Gasteiger partial charge < -0.3 is 20.9 Å². The van der Waals surface area contributed by atoms with Gasteiger partial charge in [0.2, 0.25) is 0 Å². The first kappa shape index (κ1) is 14.5. The summed E-state index contributed by atoms with van der Waals surface area (Å²) >= 11 is 1.89. The number of methoxy groups -OCH3 is 1. The molecule has 4 nitrogen and oxygen atoms in total. The Morgan fingerprint density at radius 1 is 1.59 bits per heavy atom. The number of rotatable bonds is 6. The van der Waals surface area contributed by atoms with Crippen LogP contribution >= 0.6 is 22.6 Å². The number of hydrogen-bond donors (Lipinski definition) is 3. The van der Waals surface area contributed by atoms with E-state index in [1.807, 2.05) is 22.6 Å². The average Bonchev–Trinajstić information content (AvgIpc) is 2.26. The molecule has 17 heavy (non-hydrogen) atoms. The Morgan fingerprint density at radius 3 is 2.88 bits per heavy atom. The summed E-state index contributed by atoms with van der Waals surface area (Å²) in [6.07, 6.45) is 0.515. The Kier molecular flexibility index (Phi) is 5.93. The van der Waals surface area contributed by atoms with Crippen LogP contribution in [0.2, 0.25) is 0 Å². The zero-order valence-corrected chi connectivity index (χ0v) is 11.7. The molecule has 4 N–H and O–H groups in total. The Labute approximate surface area is 113 Å². The molecule has 0 fully saturated rings. The molecule has 6 heteroatoms. The molecule has 1 unspecified atom stereocenters. The topological polar surface area (TPSA) is 67.5 Å². The standard InChI is InChI=1S/C11H16FIN2O2/c1-17-6-7(2-3-16)15-11-4-8(12)9(13)5-10(11)14/h4-5,7,15-16H,2-3,6,14H2,1H3. The number of hydrogen-bond acceptors (Lipinski definition) is 4. The molecule has 0 aliphatic carbocycles. The van der Waals surface area contributed by atoms with Crippen LogP contribution in [0.1, 0.15) is 6.42 Å². The second kappa shape index (κ2) is 6.97. The van der Waals surface area contributed by atoms with E-state index in [9.17, 15) is 4.39 Å². The first-order valence-electron chi connectivity index (χ1n) is 5.19. The minimum absolute atomic E-state index is 0.0355. The molecule has 0 aromatic heterocycles. The summed E-state index contributed by atoms with van der Waals surface area (Å²) < 4.78 is 18.9. The molecule has 0 saturated heterocycles. The molecular formula is C11H16FIN2O2. The van der Waals surface area contributed by atoms with E-state index in [1.165, 1.54) is 6.07 Å². The second-order valence-corrected chi connectivity index (χ2v) is 4.82. The van der Waals surface area contributed by atoms with Crippen LogP contribution < -0.4 is 11.1 Å². The largest absolute Gasteiger partial charge is 0.397 e. The van der Waals surface area contributed by atoms with Crippen molar-refractivity contribution >= 4 is 34.0 Å². The highest BCUT2D eigenvalue weighted by Crippen LogP contribution is 2.25. The van der Waals surface area contributed by atoms with Crippen molar-refractivity contribution in [1.29, 1.82) is 0 Å². The summed E-state index contributed by atoms with van der Waals surface area (Å²) in [6.45, 7) is 0.460. The quantitative estimate of drug-likeness (QED) is 0.539. The Morgan fingerprint density at radius 2 is 2.29 bits per heavy atom. The van der Waals surface area contributed by atoms with E-state index in [0.29, 0.717) is 28.0 Å². The highest BCUT2D eigenvalue weighted by Gasteiger charge is 2.11. The number of ether oxygens (including phenoxy) is 1. The summed E-state index contributed by atoms with van der Waals surface area (Å²) in [7, 11) is 1.57. The minimum atomic E-state index is -0.317. The SMILES string of the molecule is COCC(CCO)Nc1cc(F)c(I)cc1N. The van der Waals surface area contributed by atoms with Crippen molar-refractivity contribution in [2.45, 2.75) is 12.5 Å². The average molecular weight is 354 g/mol. The van der Waals surface area contributed by atoms with Crippen molar-refractivity contribution in [3.05, 3.63) is 21.5 Å². The summed E-state index contributed by atoms with van der Waals surface area (Å²) in [6, 6.07) is 2.84. The van der Waals surface area contributed by atoms with Gasteiger partial charge in [0, 0.05) is 19.8 Å². The maximum absolute atomic E-state index is 13.4. The lowest BCUT2D eigenvalue weighted by Crippen LogP contribution is -2.26. The first-order valence-corrected chi connectivity index (χ1v) is 6.27. The molecule has 1 aromatic carbocycles. The number of nitrogens with two attached hydrogens (primary N) is 1. The predicted molar refractivity (Wildman–Crippen MR) is 74.5 cm³/mol. The van der Waals surface area contributed by atoms with Gasteiger partial charge in [0.15, 0.2) is 0 Å². The molecule has 0 aliphatic heterocycles. The van der Waals surface area contributed by atoms with Crippen molar-refractivity contribution in [3.8, 4) is 0 Å². The first-order chi connectivity index (χ1) is 8.08. The molecule has 0 heterocycles. The fourth-order valence-electron chi connectivity index (χ4n) is 1.46. The molecule has 1 aromatic rings. The van der Waals surface area contributed by atoms with Gasteiger partial charge in [-0.25, -0.2) is 4.39 Å². The van der Waals surface area contributed by atoms with Crippen LogP contribution in [-0.4, -0.2) is 31.5 Å². The molecule has 0 spiro atoms. The highest BCUT2D eigenvalue weighted by molar-refractivity contribution is 14.1. The zero-order chi connectivity index (χ0) is 12.8. The number of benzene rings is 1. The van der Waals surface area contributed by atoms with Gasteiger partial charge in [-0.3, -0.25) is 0 Å². The number of halogens is 2. The second-order valence-electron chi connectivity index (χ2n) is 3.66. The van der Waals surface area contributed by atoms with Crippen LogP contribution in [0.3, 0.4) is 0 Å². The lowest BCUT2D eigenvalue weighted by molar-refractivity contribution is 0.170. The monoisotopic (exact) mass is 354 g/mol. The fraction of sp³-hybridized carbons (Fsp3) is 0.455. The number of aliphatic hydroxyl groups excluding tert-OH is 1. The van der Waals surface area contributed by atoms with Gasteiger partial charge in [-0.2, -0.15) is 0 Å². The van der Waals surface area contributed by atoms with Crippen LogP contribution in [0.4, 0.5) is 15.8 Å². The van der Waals surface area contributed by atoms with E-state index in [2.05, 4.69) is 5.32 Å². The lowest BCUT2D eigenvalue weighted by atomic mass is 10.2. The van der Waals surface area contributed by atoms with E-state index in [4.69, 9.17) is 15.6 Å². The number of nitrogen functional groups attached to an aromatic ring is 1. The van der Waals surface area contributed by atoms with Crippen LogP contribution in [-0.2, 0) is 4.74 Å². The summed E-state index contributed by atoms with van der Waals surface area (Å²) in [4.78, 5) is 0. The molecule has 1 atom stereocenters. The zero-order valence-electron chi connectivity index (χ0n) is 9.54. The third-order valence-electron chi connectivity index (χ3n) is 2.30. The lowest BCUT2D eigenvalue weighted by Gasteiger charge is -2.19. The number of aliphatic hydroxyl groups is 1. The Hall–Kier alpha value is -0.600. The number of nitrogens with one attached hydrogen (secondary N) is 1. The van der Waals surface area contributed by atoms with Crippen LogP contribution in [0.15, 0.2) is 12.1 Å². The predicted octanol–water partition coefficient (Wildman–Crippen LogP) is 1.82. The van der Waals surface area contributed by atoms with Gasteiger partial charge in [0.1, 0.15) is 5.82 Å². The molecule has 1 rings (SSSR count). The van der Waals surface area contributed by atoms with Gasteiger partial charge in [-0.15, -0.1) is 0 Å². The Balaban J connectivity index is 2.81. The van der Waals surface area contributed by atoms with E-state index in [1.54, 1.807) is 13.2 Å². The van der Waals surface area contributed by atoms with Crippen LogP contribution in [0, 0.1) is 9.39 Å². The smallest absolute Gasteiger partial charge is 0.138 e. The van der Waals surface area contributed by atoms with Crippen molar-refractivity contribution in [1.82, 2.24) is 0 Å². The molecule has 0 bridgehead atoms. The molecule has 0 radical (unpaired) electrons. The van der Waals surface area contributed by atoms with Gasteiger partial charge in [-0.05, 0) is 35.1 Å². The highest BCUT2D eigenvalue weighted by atomic mass is 127. The van der Waals surface area contributed by atoms with Crippen molar-refractivity contribution in [2.75, 3.05) is 31.4 Å². The van der Waals surface area contributed by atoms with Gasteiger partial charge in [0.25, 0.3) is 0 Å².